The van der Waals surface area contributed by atoms with Gasteiger partial charge in [-0.3, -0.25) is 4.79 Å². The smallest absolute Gasteiger partial charge is 0.264 e. The Morgan fingerprint density at radius 3 is 2.80 bits per heavy atom. The van der Waals surface area contributed by atoms with Crippen molar-refractivity contribution in [3.8, 4) is 0 Å². The van der Waals surface area contributed by atoms with Crippen molar-refractivity contribution in [2.45, 2.75) is 0 Å². The molecule has 2 aromatic carbocycles. The van der Waals surface area contributed by atoms with E-state index in [0.29, 0.717) is 31.4 Å². The summed E-state index contributed by atoms with van der Waals surface area (Å²) < 4.78 is 5.28. The van der Waals surface area contributed by atoms with Crippen LogP contribution in [0.2, 0.25) is 10.0 Å². The molecule has 1 aliphatic heterocycles. The molecule has 0 spiro atoms. The molecule has 1 amide bonds. The predicted octanol–water partition coefficient (Wildman–Crippen LogP) is 5.03. The molecular weight excluding hydrogens is 381 g/mol. The van der Waals surface area contributed by atoms with Crippen LogP contribution in [-0.2, 0) is 4.79 Å². The molecule has 25 heavy (non-hydrogen) atoms. The molecule has 3 aromatic rings. The van der Waals surface area contributed by atoms with Crippen LogP contribution in [0, 0.1) is 0 Å². The summed E-state index contributed by atoms with van der Waals surface area (Å²) in [6.07, 6.45) is 3.15. The fourth-order valence-electron chi connectivity index (χ4n) is 2.29. The van der Waals surface area contributed by atoms with Crippen LogP contribution in [0.15, 0.2) is 57.1 Å². The van der Waals surface area contributed by atoms with E-state index in [4.69, 9.17) is 27.6 Å². The Labute approximate surface area is 156 Å². The molecule has 124 valence electrons. The number of benzene rings is 2. The number of thioether (sulfide) groups is 1. The second-order valence-electron chi connectivity index (χ2n) is 5.13. The fourth-order valence-corrected chi connectivity index (χ4v) is 3.60. The third-order valence-electron chi connectivity index (χ3n) is 3.45. The van der Waals surface area contributed by atoms with Crippen LogP contribution in [0.25, 0.3) is 17.2 Å². The fraction of sp³-hybridized carbons (Fsp3) is 0. The lowest BCUT2D eigenvalue weighted by Gasteiger charge is -2.01. The number of amides is 1. The van der Waals surface area contributed by atoms with Crippen LogP contribution in [0.4, 0.5) is 5.69 Å². The molecule has 5 nitrogen and oxygen atoms in total. The van der Waals surface area contributed by atoms with Crippen molar-refractivity contribution in [1.29, 1.82) is 0 Å². The van der Waals surface area contributed by atoms with Gasteiger partial charge in [0.25, 0.3) is 5.91 Å². The van der Waals surface area contributed by atoms with Crippen LogP contribution in [0.1, 0.15) is 5.56 Å². The summed E-state index contributed by atoms with van der Waals surface area (Å²) in [5.41, 5.74) is 2.69. The number of carbonyl (C=O) groups is 1. The average molecular weight is 390 g/mol. The first kappa shape index (κ1) is 16.2. The number of hydrogen-bond donors (Lipinski definition) is 1. The largest absolute Gasteiger partial charge is 0.443 e. The number of hydrogen-bond acceptors (Lipinski definition) is 5. The topological polar surface area (TPSA) is 67.5 Å². The maximum Gasteiger partial charge on any atom is 0.264 e. The lowest BCUT2D eigenvalue weighted by molar-refractivity contribution is -0.115. The Morgan fingerprint density at radius 1 is 1.20 bits per heavy atom. The molecule has 0 bridgehead atoms. The number of rotatable bonds is 2. The third kappa shape index (κ3) is 3.28. The van der Waals surface area contributed by atoms with Gasteiger partial charge in [-0.2, -0.15) is 0 Å². The highest BCUT2D eigenvalue weighted by Crippen LogP contribution is 2.35. The van der Waals surface area contributed by atoms with E-state index in [1.807, 2.05) is 18.2 Å². The number of aromatic nitrogens is 1. The van der Waals surface area contributed by atoms with Gasteiger partial charge in [-0.05, 0) is 47.7 Å². The predicted molar refractivity (Wildman–Crippen MR) is 101 cm³/mol. The number of nitrogens with zero attached hydrogens (tertiary/aromatic N) is 2. The molecule has 0 unspecified atom stereocenters. The highest BCUT2D eigenvalue weighted by molar-refractivity contribution is 8.18. The maximum absolute atomic E-state index is 12.2. The van der Waals surface area contributed by atoms with Crippen molar-refractivity contribution in [2.24, 2.45) is 4.99 Å². The van der Waals surface area contributed by atoms with E-state index in [1.54, 1.807) is 24.3 Å². The Balaban J connectivity index is 1.64. The summed E-state index contributed by atoms with van der Waals surface area (Å²) in [7, 11) is 0. The van der Waals surface area contributed by atoms with Gasteiger partial charge in [0, 0.05) is 0 Å². The Morgan fingerprint density at radius 2 is 2.00 bits per heavy atom. The molecule has 1 fully saturated rings. The second-order valence-corrected chi connectivity index (χ2v) is 6.98. The number of amidine groups is 1. The first-order chi connectivity index (χ1) is 12.1. The van der Waals surface area contributed by atoms with Crippen molar-refractivity contribution >= 4 is 68.9 Å². The monoisotopic (exact) mass is 389 g/mol. The van der Waals surface area contributed by atoms with Gasteiger partial charge in [-0.1, -0.05) is 35.3 Å². The molecule has 8 heteroatoms. The minimum Gasteiger partial charge on any atom is -0.443 e. The molecule has 4 rings (SSSR count). The molecule has 1 saturated heterocycles. The third-order valence-corrected chi connectivity index (χ3v) is 4.97. The number of halogens is 2. The quantitative estimate of drug-likeness (QED) is 0.624. The van der Waals surface area contributed by atoms with E-state index in [-0.39, 0.29) is 5.91 Å². The lowest BCUT2D eigenvalue weighted by atomic mass is 10.2. The Bertz CT molecular complexity index is 1040. The maximum atomic E-state index is 12.2. The van der Waals surface area contributed by atoms with Crippen LogP contribution in [-0.4, -0.2) is 16.1 Å². The summed E-state index contributed by atoms with van der Waals surface area (Å²) in [4.78, 5) is 21.1. The second kappa shape index (κ2) is 6.55. The average Bonchev–Trinajstić information content (AvgIpc) is 3.18. The van der Waals surface area contributed by atoms with E-state index >= 15 is 0 Å². The van der Waals surface area contributed by atoms with Crippen LogP contribution < -0.4 is 5.32 Å². The summed E-state index contributed by atoms with van der Waals surface area (Å²) in [6.45, 7) is 0. The summed E-state index contributed by atoms with van der Waals surface area (Å²) >= 11 is 13.4. The zero-order valence-electron chi connectivity index (χ0n) is 12.5. The van der Waals surface area contributed by atoms with Gasteiger partial charge in [0.1, 0.15) is 11.2 Å². The van der Waals surface area contributed by atoms with Crippen molar-refractivity contribution in [1.82, 2.24) is 10.3 Å². The summed E-state index contributed by atoms with van der Waals surface area (Å²) in [6, 6.07) is 10.6. The Hall–Kier alpha value is -2.28. The van der Waals surface area contributed by atoms with E-state index in [2.05, 4.69) is 15.3 Å². The van der Waals surface area contributed by atoms with Crippen LogP contribution in [0.5, 0.6) is 0 Å². The first-order valence-corrected chi connectivity index (χ1v) is 8.74. The van der Waals surface area contributed by atoms with Crippen LogP contribution in [0.3, 0.4) is 0 Å². The molecule has 0 aliphatic carbocycles. The van der Waals surface area contributed by atoms with Gasteiger partial charge in [-0.15, -0.1) is 0 Å². The van der Waals surface area contributed by atoms with Gasteiger partial charge < -0.3 is 9.73 Å². The molecule has 1 aliphatic rings. The van der Waals surface area contributed by atoms with Gasteiger partial charge in [0.15, 0.2) is 17.1 Å². The van der Waals surface area contributed by atoms with Crippen molar-refractivity contribution < 1.29 is 9.21 Å². The minimum absolute atomic E-state index is 0.232. The number of carbonyl (C=O) groups excluding carboxylic acids is 1. The van der Waals surface area contributed by atoms with Gasteiger partial charge >= 0.3 is 0 Å². The normalized spacial score (nSPS) is 17.6. The van der Waals surface area contributed by atoms with Crippen molar-refractivity contribution in [3.05, 3.63) is 63.3 Å². The molecule has 2 heterocycles. The van der Waals surface area contributed by atoms with Gasteiger partial charge in [0.05, 0.1) is 15.0 Å². The van der Waals surface area contributed by atoms with Gasteiger partial charge in [0.2, 0.25) is 0 Å². The zero-order chi connectivity index (χ0) is 17.4. The molecule has 0 atom stereocenters. The van der Waals surface area contributed by atoms with E-state index < -0.39 is 0 Å². The molecular formula is C17H9Cl2N3O2S. The van der Waals surface area contributed by atoms with E-state index in [1.165, 1.54) is 18.2 Å². The van der Waals surface area contributed by atoms with Crippen LogP contribution >= 0.6 is 35.0 Å². The number of fused-ring (bicyclic) bond motifs is 1. The highest BCUT2D eigenvalue weighted by atomic mass is 35.5. The summed E-state index contributed by atoms with van der Waals surface area (Å²) in [5.74, 6) is -0.232. The minimum atomic E-state index is -0.232. The first-order valence-electron chi connectivity index (χ1n) is 7.17. The lowest BCUT2D eigenvalue weighted by Crippen LogP contribution is -2.19. The van der Waals surface area contributed by atoms with Crippen molar-refractivity contribution in [2.75, 3.05) is 0 Å². The molecule has 0 radical (unpaired) electrons. The summed E-state index contributed by atoms with van der Waals surface area (Å²) in [5, 5.41) is 3.97. The number of oxazole rings is 1. The van der Waals surface area contributed by atoms with E-state index in [0.717, 1.165) is 11.1 Å². The molecule has 1 N–H and O–H groups in total. The molecule has 0 saturated carbocycles. The van der Waals surface area contributed by atoms with Gasteiger partial charge in [-0.25, -0.2) is 9.98 Å². The standard InChI is InChI=1S/C17H9Cl2N3O2S/c18-10-2-1-3-11(19)15(10)21-17-22-16(23)14(25-17)7-9-4-5-12-13(6-9)24-8-20-12/h1-8H,(H,21,22,23)/b14-7-. The van der Waals surface area contributed by atoms with E-state index in [9.17, 15) is 4.79 Å². The number of aliphatic imine (C=N–C) groups is 1. The highest BCUT2D eigenvalue weighted by Gasteiger charge is 2.24. The Kier molecular flexibility index (Phi) is 4.25. The molecule has 1 aromatic heterocycles. The SMILES string of the molecule is O=C1NC(=Nc2c(Cl)cccc2Cl)S/C1=C\c1ccc2ncoc2c1. The number of nitrogens with one attached hydrogen (secondary N) is 1. The van der Waals surface area contributed by atoms with Crippen molar-refractivity contribution in [3.63, 3.8) is 0 Å². The zero-order valence-corrected chi connectivity index (χ0v) is 14.8. The number of para-hydroxylation sites is 1.